The second kappa shape index (κ2) is 17.1. The molecule has 2 aliphatic heterocycles. The predicted octanol–water partition coefficient (Wildman–Crippen LogP) is 9.86. The van der Waals surface area contributed by atoms with Crippen LogP contribution in [0.2, 0.25) is 36.3 Å². The van der Waals surface area contributed by atoms with Crippen molar-refractivity contribution in [3.05, 3.63) is 35.6 Å². The van der Waals surface area contributed by atoms with Crippen molar-refractivity contribution in [1.29, 1.82) is 0 Å². The van der Waals surface area contributed by atoms with Gasteiger partial charge in [0.2, 0.25) is 8.32 Å². The molecule has 0 amide bonds. The van der Waals surface area contributed by atoms with Gasteiger partial charge in [-0.1, -0.05) is 87.5 Å². The Kier molecular flexibility index (Phi) is 15.3. The number of hydrogen-bond acceptors (Lipinski definition) is 7. The summed E-state index contributed by atoms with van der Waals surface area (Å²) in [5, 5.41) is 22.2. The van der Waals surface area contributed by atoms with Crippen LogP contribution < -0.4 is 0 Å². The summed E-state index contributed by atoms with van der Waals surface area (Å²) in [6, 6.07) is 0. The third-order valence-electron chi connectivity index (χ3n) is 11.9. The van der Waals surface area contributed by atoms with Crippen LogP contribution in [0.4, 0.5) is 0 Å². The molecule has 2 N–H and O–H groups in total. The molecule has 7 nitrogen and oxygen atoms in total. The van der Waals surface area contributed by atoms with E-state index in [0.717, 1.165) is 18.4 Å². The van der Waals surface area contributed by atoms with Crippen molar-refractivity contribution in [3.8, 4) is 0 Å². The molecule has 2 rings (SSSR count). The van der Waals surface area contributed by atoms with Gasteiger partial charge < -0.3 is 28.5 Å². The van der Waals surface area contributed by atoms with Gasteiger partial charge in [-0.3, -0.25) is 4.79 Å². The Hall–Kier alpha value is -1.24. The minimum absolute atomic E-state index is 0.0111. The predicted molar refractivity (Wildman–Crippen MR) is 207 cm³/mol. The zero-order chi connectivity index (χ0) is 37.8. The molecule has 2 aliphatic rings. The molecule has 1 fully saturated rings. The number of aliphatic hydroxyl groups excluding tert-OH is 1. The van der Waals surface area contributed by atoms with Crippen molar-refractivity contribution >= 4 is 22.6 Å². The van der Waals surface area contributed by atoms with E-state index in [4.69, 9.17) is 18.3 Å². The van der Waals surface area contributed by atoms with E-state index in [1.807, 2.05) is 19.9 Å². The van der Waals surface area contributed by atoms with E-state index in [1.54, 1.807) is 13.0 Å². The lowest BCUT2D eigenvalue weighted by molar-refractivity contribution is -0.149. The Morgan fingerprint density at radius 1 is 1.08 bits per heavy atom. The first-order chi connectivity index (χ1) is 22.2. The van der Waals surface area contributed by atoms with Gasteiger partial charge in [0, 0.05) is 12.0 Å². The van der Waals surface area contributed by atoms with Gasteiger partial charge >= 0.3 is 5.97 Å². The summed E-state index contributed by atoms with van der Waals surface area (Å²) >= 11 is 0. The van der Waals surface area contributed by atoms with Gasteiger partial charge in [0.05, 0.1) is 29.7 Å². The summed E-state index contributed by atoms with van der Waals surface area (Å²) in [4.78, 5) is 13.4. The van der Waals surface area contributed by atoms with Crippen molar-refractivity contribution < 1.29 is 33.3 Å². The van der Waals surface area contributed by atoms with Crippen LogP contribution in [-0.2, 0) is 23.1 Å². The Morgan fingerprint density at radius 3 is 2.22 bits per heavy atom. The number of epoxide rings is 1. The van der Waals surface area contributed by atoms with Crippen LogP contribution in [0.5, 0.6) is 0 Å². The van der Waals surface area contributed by atoms with Crippen molar-refractivity contribution in [1.82, 2.24) is 0 Å². The summed E-state index contributed by atoms with van der Waals surface area (Å²) in [5.74, 6) is 0.789. The molecule has 0 spiro atoms. The topological polar surface area (TPSA) is 97.8 Å². The number of cyclic esters (lactones) is 1. The minimum atomic E-state index is -2.25. The normalized spacial score (nSPS) is 30.5. The molecule has 0 bridgehead atoms. The lowest BCUT2D eigenvalue weighted by Gasteiger charge is -2.40. The molecule has 0 aromatic heterocycles. The standard InChI is InChI=1S/C40H74O7Si2/c1-17-32(47-49(15,16)39(9,10)11)30(5)37-33(44-37)25-27(2)19-18-20-28(3)36-29(4)21-22-34(41)40(12,43)24-23-31(26-35(42)45-36)46-48(13,14)38(6,7)8/h18-20,23,27,29-30,32-34,36-37,41,43H,17,21-22,24-26H2,1-16H3. The molecule has 9 atom stereocenters. The number of aliphatic hydroxyl groups is 2. The average Bonchev–Trinajstić information content (AvgIpc) is 3.72. The van der Waals surface area contributed by atoms with Gasteiger partial charge in [-0.15, -0.1) is 0 Å². The van der Waals surface area contributed by atoms with E-state index in [9.17, 15) is 15.0 Å². The lowest BCUT2D eigenvalue weighted by atomic mass is 9.86. The van der Waals surface area contributed by atoms with Gasteiger partial charge in [-0.25, -0.2) is 0 Å². The zero-order valence-electron chi connectivity index (χ0n) is 34.1. The highest BCUT2D eigenvalue weighted by Gasteiger charge is 2.48. The van der Waals surface area contributed by atoms with E-state index in [2.05, 4.69) is 101 Å². The summed E-state index contributed by atoms with van der Waals surface area (Å²) in [6.45, 7) is 34.7. The van der Waals surface area contributed by atoms with Crippen molar-refractivity contribution in [2.24, 2.45) is 17.8 Å². The number of ether oxygens (including phenoxy) is 2. The van der Waals surface area contributed by atoms with Gasteiger partial charge in [-0.2, -0.15) is 0 Å². The fourth-order valence-corrected chi connectivity index (χ4v) is 8.64. The number of esters is 1. The van der Waals surface area contributed by atoms with E-state index in [0.29, 0.717) is 30.4 Å². The van der Waals surface area contributed by atoms with E-state index >= 15 is 0 Å². The molecular weight excluding hydrogens is 649 g/mol. The third kappa shape index (κ3) is 12.7. The fraction of sp³-hybridized carbons (Fsp3) is 0.825. The van der Waals surface area contributed by atoms with E-state index in [-0.39, 0.29) is 53.1 Å². The van der Waals surface area contributed by atoms with Gasteiger partial charge in [0.15, 0.2) is 8.32 Å². The molecule has 1 saturated heterocycles. The molecule has 0 aromatic carbocycles. The lowest BCUT2D eigenvalue weighted by Crippen LogP contribution is -2.46. The zero-order valence-corrected chi connectivity index (χ0v) is 36.1. The SMILES string of the molecule is CCC(O[Si](C)(C)C(C)(C)C)C(C)C1OC1CC(C)C=CC=C(C)C1OC(=O)CC(O[Si](C)(C)C(C)(C)C)=CCC(C)(O)C(O)CCC1C. The molecule has 9 heteroatoms. The Balaban J connectivity index is 2.13. The molecule has 0 saturated carbocycles. The maximum absolute atomic E-state index is 13.4. The maximum atomic E-state index is 13.4. The van der Waals surface area contributed by atoms with Crippen LogP contribution >= 0.6 is 0 Å². The van der Waals surface area contributed by atoms with Crippen molar-refractivity contribution in [2.45, 2.75) is 194 Å². The fourth-order valence-electron chi connectivity index (χ4n) is 6.03. The molecule has 0 radical (unpaired) electrons. The first-order valence-electron chi connectivity index (χ1n) is 18.9. The van der Waals surface area contributed by atoms with Gasteiger partial charge in [0.25, 0.3) is 0 Å². The van der Waals surface area contributed by atoms with Crippen LogP contribution in [0.25, 0.3) is 0 Å². The highest BCUT2D eigenvalue weighted by atomic mass is 28.4. The van der Waals surface area contributed by atoms with Crippen LogP contribution in [0.1, 0.15) is 122 Å². The Morgan fingerprint density at radius 2 is 1.67 bits per heavy atom. The largest absolute Gasteiger partial charge is 0.546 e. The smallest absolute Gasteiger partial charge is 0.314 e. The van der Waals surface area contributed by atoms with Crippen molar-refractivity contribution in [3.63, 3.8) is 0 Å². The van der Waals surface area contributed by atoms with Crippen molar-refractivity contribution in [2.75, 3.05) is 0 Å². The molecule has 2 heterocycles. The number of allylic oxidation sites excluding steroid dienone is 3. The van der Waals surface area contributed by atoms with Crippen LogP contribution in [0, 0.1) is 17.8 Å². The molecule has 9 unspecified atom stereocenters. The molecule has 0 aromatic rings. The monoisotopic (exact) mass is 722 g/mol. The summed E-state index contributed by atoms with van der Waals surface area (Å²) < 4.78 is 25.7. The second-order valence-corrected chi connectivity index (χ2v) is 28.1. The van der Waals surface area contributed by atoms with Crippen LogP contribution in [0.3, 0.4) is 0 Å². The summed E-state index contributed by atoms with van der Waals surface area (Å²) in [7, 11) is -4.11. The number of rotatable bonds is 12. The van der Waals surface area contributed by atoms with E-state index < -0.39 is 34.4 Å². The highest BCUT2D eigenvalue weighted by Crippen LogP contribution is 2.42. The highest BCUT2D eigenvalue weighted by molar-refractivity contribution is 6.74. The molecule has 49 heavy (non-hydrogen) atoms. The molecule has 0 aliphatic carbocycles. The first kappa shape index (κ1) is 43.9. The Bertz CT molecular complexity index is 1170. The quantitative estimate of drug-likeness (QED) is 0.0896. The molecule has 284 valence electrons. The second-order valence-electron chi connectivity index (χ2n) is 18.6. The third-order valence-corrected chi connectivity index (χ3v) is 20.8. The first-order valence-corrected chi connectivity index (χ1v) is 24.7. The van der Waals surface area contributed by atoms with Crippen LogP contribution in [-0.4, -0.2) is 68.9 Å². The summed E-state index contributed by atoms with van der Waals surface area (Å²) in [6.07, 6.45) is 10.5. The van der Waals surface area contributed by atoms with Gasteiger partial charge in [0.1, 0.15) is 12.5 Å². The van der Waals surface area contributed by atoms with Crippen LogP contribution in [0.15, 0.2) is 35.6 Å². The number of carbonyl (C=O) groups is 1. The number of carbonyl (C=O) groups excluding carboxylic acids is 1. The maximum Gasteiger partial charge on any atom is 0.314 e. The minimum Gasteiger partial charge on any atom is -0.546 e. The van der Waals surface area contributed by atoms with E-state index in [1.165, 1.54) is 0 Å². The summed E-state index contributed by atoms with van der Waals surface area (Å²) in [5.41, 5.74) is -0.386. The average molecular weight is 723 g/mol. The van der Waals surface area contributed by atoms with Gasteiger partial charge in [-0.05, 0) is 106 Å². The molecular formula is C40H74O7Si2. The number of hydrogen-bond donors (Lipinski definition) is 2. The Labute approximate surface area is 302 Å².